The molecular formula is C29H24N4O2S. The summed E-state index contributed by atoms with van der Waals surface area (Å²) in [5.74, 6) is -0.918. The Morgan fingerprint density at radius 1 is 1.03 bits per heavy atom. The highest BCUT2D eigenvalue weighted by atomic mass is 32.1. The van der Waals surface area contributed by atoms with Crippen molar-refractivity contribution in [1.82, 2.24) is 19.7 Å². The number of thiophene rings is 1. The lowest BCUT2D eigenvalue weighted by molar-refractivity contribution is 0.0696. The number of carboxylic acid groups (broad SMARTS) is 1. The molecule has 0 atom stereocenters. The van der Waals surface area contributed by atoms with Gasteiger partial charge in [0.25, 0.3) is 0 Å². The molecule has 0 saturated heterocycles. The van der Waals surface area contributed by atoms with E-state index >= 15 is 0 Å². The van der Waals surface area contributed by atoms with Gasteiger partial charge in [-0.1, -0.05) is 49.4 Å². The Kier molecular flexibility index (Phi) is 5.71. The molecule has 0 saturated carbocycles. The van der Waals surface area contributed by atoms with Crippen LogP contribution in [0.3, 0.4) is 0 Å². The van der Waals surface area contributed by atoms with Crippen molar-refractivity contribution in [2.45, 2.75) is 13.5 Å². The number of hydrogen-bond acceptors (Lipinski definition) is 5. The minimum atomic E-state index is -0.918. The zero-order valence-corrected chi connectivity index (χ0v) is 20.6. The number of benzene rings is 2. The summed E-state index contributed by atoms with van der Waals surface area (Å²) in [6.45, 7) is 4.16. The molecule has 1 aliphatic heterocycles. The number of pyridine rings is 1. The van der Waals surface area contributed by atoms with Gasteiger partial charge >= 0.3 is 5.97 Å². The standard InChI is InChI=1S/C29H24N4O2S/c1-2-32-16-19(27-23(18-32)26(29(34)35)22-11-6-7-12-24(22)30-27)15-20-17-33(21-9-4-3-5-10-21)31-28(20)25-13-8-14-36-25/h3-15,17H,2,16,18H2,1H3,(H,34,35)/b19-15+. The van der Waals surface area contributed by atoms with Gasteiger partial charge in [0, 0.05) is 35.8 Å². The summed E-state index contributed by atoms with van der Waals surface area (Å²) < 4.78 is 1.90. The second-order valence-corrected chi connectivity index (χ2v) is 9.75. The molecule has 36 heavy (non-hydrogen) atoms. The first-order valence-corrected chi connectivity index (χ1v) is 12.8. The van der Waals surface area contributed by atoms with Crippen molar-refractivity contribution in [3.05, 3.63) is 101 Å². The Balaban J connectivity index is 1.58. The van der Waals surface area contributed by atoms with Gasteiger partial charge in [-0.3, -0.25) is 4.90 Å². The van der Waals surface area contributed by atoms with Gasteiger partial charge in [-0.15, -0.1) is 11.3 Å². The first-order chi connectivity index (χ1) is 17.6. The summed E-state index contributed by atoms with van der Waals surface area (Å²) in [7, 11) is 0. The minimum Gasteiger partial charge on any atom is -0.478 e. The van der Waals surface area contributed by atoms with Gasteiger partial charge in [-0.2, -0.15) is 5.10 Å². The zero-order chi connectivity index (χ0) is 24.6. The quantitative estimate of drug-likeness (QED) is 0.315. The number of rotatable bonds is 5. The molecule has 0 unspecified atom stereocenters. The Hall–Kier alpha value is -4.07. The van der Waals surface area contributed by atoms with E-state index in [-0.39, 0.29) is 0 Å². The Morgan fingerprint density at radius 3 is 2.58 bits per heavy atom. The lowest BCUT2D eigenvalue weighted by Gasteiger charge is -2.30. The fraction of sp³-hybridized carbons (Fsp3) is 0.138. The maximum atomic E-state index is 12.4. The maximum absolute atomic E-state index is 12.4. The summed E-state index contributed by atoms with van der Waals surface area (Å²) in [5, 5.41) is 17.9. The van der Waals surface area contributed by atoms with Gasteiger partial charge in [0.05, 0.1) is 27.3 Å². The first kappa shape index (κ1) is 22.4. The number of para-hydroxylation sites is 2. The molecule has 5 aromatic rings. The number of aromatic carboxylic acids is 1. The van der Waals surface area contributed by atoms with Crippen molar-refractivity contribution in [1.29, 1.82) is 0 Å². The lowest BCUT2D eigenvalue weighted by atomic mass is 9.92. The molecule has 0 fully saturated rings. The molecular weight excluding hydrogens is 468 g/mol. The van der Waals surface area contributed by atoms with Gasteiger partial charge in [0.15, 0.2) is 0 Å². The third-order valence-electron chi connectivity index (χ3n) is 6.58. The summed E-state index contributed by atoms with van der Waals surface area (Å²) in [6.07, 6.45) is 4.18. The fourth-order valence-electron chi connectivity index (χ4n) is 4.85. The third-order valence-corrected chi connectivity index (χ3v) is 7.46. The molecule has 1 N–H and O–H groups in total. The molecule has 0 aliphatic carbocycles. The molecule has 2 aromatic carbocycles. The van der Waals surface area contributed by atoms with Crippen molar-refractivity contribution in [2.24, 2.45) is 0 Å². The minimum absolute atomic E-state index is 0.345. The van der Waals surface area contributed by atoms with Gasteiger partial charge in [0.1, 0.15) is 5.69 Å². The molecule has 0 amide bonds. The molecule has 0 spiro atoms. The van der Waals surface area contributed by atoms with Crippen LogP contribution in [0, 0.1) is 0 Å². The third kappa shape index (κ3) is 3.92. The molecule has 0 radical (unpaired) electrons. The van der Waals surface area contributed by atoms with Crippen LogP contribution in [0.15, 0.2) is 78.3 Å². The van der Waals surface area contributed by atoms with Crippen molar-refractivity contribution in [3.63, 3.8) is 0 Å². The Bertz CT molecular complexity index is 1600. The van der Waals surface area contributed by atoms with E-state index in [0.29, 0.717) is 29.6 Å². The Morgan fingerprint density at radius 2 is 1.83 bits per heavy atom. The Labute approximate surface area is 212 Å². The van der Waals surface area contributed by atoms with E-state index in [1.54, 1.807) is 11.3 Å². The lowest BCUT2D eigenvalue weighted by Crippen LogP contribution is -2.31. The predicted octanol–water partition coefficient (Wildman–Crippen LogP) is 6.22. The van der Waals surface area contributed by atoms with Crippen LogP contribution in [0.1, 0.15) is 34.1 Å². The second kappa shape index (κ2) is 9.18. The summed E-state index contributed by atoms with van der Waals surface area (Å²) >= 11 is 1.65. The van der Waals surface area contributed by atoms with Crippen molar-refractivity contribution >= 4 is 39.9 Å². The molecule has 178 valence electrons. The molecule has 1 aliphatic rings. The van der Waals surface area contributed by atoms with E-state index in [1.807, 2.05) is 71.5 Å². The normalized spacial score (nSPS) is 14.9. The van der Waals surface area contributed by atoms with E-state index in [9.17, 15) is 9.90 Å². The summed E-state index contributed by atoms with van der Waals surface area (Å²) in [5.41, 5.74) is 6.44. The molecule has 0 bridgehead atoms. The van der Waals surface area contributed by atoms with E-state index in [2.05, 4.69) is 29.3 Å². The highest BCUT2D eigenvalue weighted by Gasteiger charge is 2.28. The van der Waals surface area contributed by atoms with E-state index in [0.717, 1.165) is 45.2 Å². The molecule has 4 heterocycles. The molecule has 6 rings (SSSR count). The average Bonchev–Trinajstić information content (AvgIpc) is 3.58. The first-order valence-electron chi connectivity index (χ1n) is 11.9. The van der Waals surface area contributed by atoms with Gasteiger partial charge in [0.2, 0.25) is 0 Å². The number of aromatic nitrogens is 3. The van der Waals surface area contributed by atoms with Gasteiger partial charge < -0.3 is 5.11 Å². The van der Waals surface area contributed by atoms with Crippen LogP contribution in [-0.4, -0.2) is 43.8 Å². The largest absolute Gasteiger partial charge is 0.478 e. The smallest absolute Gasteiger partial charge is 0.336 e. The highest BCUT2D eigenvalue weighted by Crippen LogP contribution is 2.36. The van der Waals surface area contributed by atoms with Crippen molar-refractivity contribution < 1.29 is 9.90 Å². The van der Waals surface area contributed by atoms with E-state index in [1.165, 1.54) is 0 Å². The summed E-state index contributed by atoms with van der Waals surface area (Å²) in [4.78, 5) is 20.8. The van der Waals surface area contributed by atoms with E-state index < -0.39 is 5.97 Å². The van der Waals surface area contributed by atoms with Crippen LogP contribution in [0.4, 0.5) is 0 Å². The molecule has 3 aromatic heterocycles. The number of hydrogen-bond donors (Lipinski definition) is 1. The van der Waals surface area contributed by atoms with Crippen LogP contribution in [0.2, 0.25) is 0 Å². The second-order valence-electron chi connectivity index (χ2n) is 8.80. The van der Waals surface area contributed by atoms with Crippen LogP contribution >= 0.6 is 11.3 Å². The van der Waals surface area contributed by atoms with Crippen LogP contribution in [0.25, 0.3) is 38.8 Å². The highest BCUT2D eigenvalue weighted by molar-refractivity contribution is 7.13. The summed E-state index contributed by atoms with van der Waals surface area (Å²) in [6, 6.07) is 21.7. The number of carbonyl (C=O) groups is 1. The van der Waals surface area contributed by atoms with Gasteiger partial charge in [-0.25, -0.2) is 14.5 Å². The van der Waals surface area contributed by atoms with Gasteiger partial charge in [-0.05, 0) is 47.8 Å². The van der Waals surface area contributed by atoms with E-state index in [4.69, 9.17) is 10.1 Å². The number of nitrogens with zero attached hydrogens (tertiary/aromatic N) is 4. The van der Waals surface area contributed by atoms with Crippen LogP contribution in [0.5, 0.6) is 0 Å². The fourth-order valence-corrected chi connectivity index (χ4v) is 5.58. The number of carboxylic acids is 1. The van der Waals surface area contributed by atoms with Crippen LogP contribution in [-0.2, 0) is 6.54 Å². The van der Waals surface area contributed by atoms with Crippen molar-refractivity contribution in [2.75, 3.05) is 13.1 Å². The topological polar surface area (TPSA) is 71.2 Å². The van der Waals surface area contributed by atoms with Crippen LogP contribution < -0.4 is 0 Å². The molecule has 6 nitrogen and oxygen atoms in total. The average molecular weight is 493 g/mol. The SMILES string of the molecule is CCN1C/C(=C\c2cn(-c3ccccc3)nc2-c2cccs2)c2nc3ccccc3c(C(=O)O)c2C1. The maximum Gasteiger partial charge on any atom is 0.336 e. The zero-order valence-electron chi connectivity index (χ0n) is 19.8. The number of likely N-dealkylation sites (N-methyl/N-ethyl adjacent to an activating group) is 1. The number of fused-ring (bicyclic) bond motifs is 2. The molecule has 7 heteroatoms. The van der Waals surface area contributed by atoms with Crippen molar-refractivity contribution in [3.8, 4) is 16.3 Å². The predicted molar refractivity (Wildman–Crippen MR) is 144 cm³/mol. The monoisotopic (exact) mass is 492 g/mol.